The van der Waals surface area contributed by atoms with Crippen molar-refractivity contribution in [3.8, 4) is 5.75 Å². The predicted octanol–water partition coefficient (Wildman–Crippen LogP) is 4.00. The molecule has 0 heterocycles. The molecule has 1 N–H and O–H groups in total. The molecule has 2 rings (SSSR count). The van der Waals surface area contributed by atoms with E-state index < -0.39 is 17.6 Å². The summed E-state index contributed by atoms with van der Waals surface area (Å²) in [7, 11) is 0. The van der Waals surface area contributed by atoms with Crippen LogP contribution in [0.15, 0.2) is 40.9 Å². The van der Waals surface area contributed by atoms with Crippen molar-refractivity contribution in [2.75, 3.05) is 0 Å². The Morgan fingerprint density at radius 1 is 1.20 bits per heavy atom. The monoisotopic (exact) mass is 342 g/mol. The first-order valence-corrected chi connectivity index (χ1v) is 6.35. The zero-order chi connectivity index (χ0) is 14.7. The Kier molecular flexibility index (Phi) is 4.34. The minimum Gasteiger partial charge on any atom is -0.489 e. The molecule has 2 aromatic rings. The summed E-state index contributed by atoms with van der Waals surface area (Å²) in [6.07, 6.45) is 0. The molecule has 0 aliphatic heterocycles. The third kappa shape index (κ3) is 3.54. The molecule has 20 heavy (non-hydrogen) atoms. The van der Waals surface area contributed by atoms with Crippen molar-refractivity contribution in [1.82, 2.24) is 0 Å². The summed E-state index contributed by atoms with van der Waals surface area (Å²) in [5, 5.41) is 8.82. The van der Waals surface area contributed by atoms with Gasteiger partial charge in [0.15, 0.2) is 0 Å². The minimum atomic E-state index is -1.22. The van der Waals surface area contributed by atoms with Crippen LogP contribution in [-0.2, 0) is 6.61 Å². The molecule has 3 nitrogen and oxygen atoms in total. The number of carbonyl (C=O) groups is 1. The number of carboxylic acids is 1. The normalized spacial score (nSPS) is 10.3. The molecule has 0 saturated carbocycles. The zero-order valence-electron chi connectivity index (χ0n) is 10.1. The fourth-order valence-electron chi connectivity index (χ4n) is 1.59. The summed E-state index contributed by atoms with van der Waals surface area (Å²) in [5.41, 5.74) is 0.191. The van der Waals surface area contributed by atoms with Gasteiger partial charge in [-0.25, -0.2) is 13.6 Å². The van der Waals surface area contributed by atoms with E-state index in [1.807, 2.05) is 0 Å². The quantitative estimate of drug-likeness (QED) is 0.913. The van der Waals surface area contributed by atoms with Crippen molar-refractivity contribution in [2.45, 2.75) is 6.61 Å². The average Bonchev–Trinajstić information content (AvgIpc) is 2.39. The predicted molar refractivity (Wildman–Crippen MR) is 71.8 cm³/mol. The van der Waals surface area contributed by atoms with E-state index in [4.69, 9.17) is 9.84 Å². The Bertz CT molecular complexity index is 659. The number of hydrogen-bond acceptors (Lipinski definition) is 2. The summed E-state index contributed by atoms with van der Waals surface area (Å²) in [5.74, 6) is -2.09. The maximum Gasteiger partial charge on any atom is 0.335 e. The molecule has 104 valence electrons. The molecule has 6 heteroatoms. The molecular weight excluding hydrogens is 334 g/mol. The number of hydrogen-bond donors (Lipinski definition) is 1. The smallest absolute Gasteiger partial charge is 0.335 e. The first-order valence-electron chi connectivity index (χ1n) is 5.56. The average molecular weight is 343 g/mol. The van der Waals surface area contributed by atoms with Crippen LogP contribution in [0.2, 0.25) is 0 Å². The van der Waals surface area contributed by atoms with Gasteiger partial charge in [-0.3, -0.25) is 0 Å². The van der Waals surface area contributed by atoms with E-state index in [9.17, 15) is 13.6 Å². The second kappa shape index (κ2) is 6.00. The molecule has 0 aliphatic rings. The van der Waals surface area contributed by atoms with E-state index >= 15 is 0 Å². The Hall–Kier alpha value is -1.95. The molecule has 0 unspecified atom stereocenters. The Morgan fingerprint density at radius 2 is 1.95 bits per heavy atom. The minimum absolute atomic E-state index is 0.0564. The van der Waals surface area contributed by atoms with Gasteiger partial charge in [0, 0.05) is 6.07 Å². The highest BCUT2D eigenvalue weighted by Gasteiger charge is 2.08. The molecule has 0 aliphatic carbocycles. The van der Waals surface area contributed by atoms with Crippen LogP contribution in [0.4, 0.5) is 8.78 Å². The van der Waals surface area contributed by atoms with Gasteiger partial charge in [-0.1, -0.05) is 0 Å². The number of benzene rings is 2. The van der Waals surface area contributed by atoms with E-state index in [1.54, 1.807) is 6.07 Å². The summed E-state index contributed by atoms with van der Waals surface area (Å²) >= 11 is 3.01. The third-order valence-electron chi connectivity index (χ3n) is 2.50. The lowest BCUT2D eigenvalue weighted by molar-refractivity contribution is 0.0696. The van der Waals surface area contributed by atoms with Gasteiger partial charge in [0.25, 0.3) is 0 Å². The van der Waals surface area contributed by atoms with Crippen LogP contribution in [0.5, 0.6) is 5.75 Å². The first-order chi connectivity index (χ1) is 9.45. The van der Waals surface area contributed by atoms with Crippen LogP contribution < -0.4 is 4.74 Å². The van der Waals surface area contributed by atoms with Crippen LogP contribution in [0.3, 0.4) is 0 Å². The van der Waals surface area contributed by atoms with E-state index in [2.05, 4.69) is 15.9 Å². The molecule has 0 amide bonds. The van der Waals surface area contributed by atoms with Gasteiger partial charge in [0.1, 0.15) is 24.0 Å². The lowest BCUT2D eigenvalue weighted by atomic mass is 10.1. The van der Waals surface area contributed by atoms with Crippen LogP contribution >= 0.6 is 15.9 Å². The largest absolute Gasteiger partial charge is 0.489 e. The van der Waals surface area contributed by atoms with Gasteiger partial charge >= 0.3 is 5.97 Å². The Balaban J connectivity index is 2.14. The SMILES string of the molecule is O=C(O)c1cc(F)cc(COc2ccc(Br)c(F)c2)c1. The summed E-state index contributed by atoms with van der Waals surface area (Å²) in [6.45, 7) is -0.0564. The van der Waals surface area contributed by atoms with Crippen LogP contribution in [0.25, 0.3) is 0 Å². The summed E-state index contributed by atoms with van der Waals surface area (Å²) in [4.78, 5) is 10.8. The number of aromatic carboxylic acids is 1. The number of halogens is 3. The zero-order valence-corrected chi connectivity index (χ0v) is 11.7. The lowest BCUT2D eigenvalue weighted by Crippen LogP contribution is -2.02. The Labute approximate surface area is 121 Å². The van der Waals surface area contributed by atoms with E-state index in [1.165, 1.54) is 24.3 Å². The van der Waals surface area contributed by atoms with Gasteiger partial charge in [0.05, 0.1) is 10.0 Å². The second-order valence-electron chi connectivity index (χ2n) is 4.02. The molecule has 0 bridgehead atoms. The van der Waals surface area contributed by atoms with Gasteiger partial charge in [-0.2, -0.15) is 0 Å². The van der Waals surface area contributed by atoms with E-state index in [-0.39, 0.29) is 17.9 Å². The van der Waals surface area contributed by atoms with Crippen molar-refractivity contribution in [1.29, 1.82) is 0 Å². The molecule has 0 spiro atoms. The van der Waals surface area contributed by atoms with Gasteiger partial charge < -0.3 is 9.84 Å². The lowest BCUT2D eigenvalue weighted by Gasteiger charge is -2.08. The first kappa shape index (κ1) is 14.5. The maximum absolute atomic E-state index is 13.3. The van der Waals surface area contributed by atoms with Crippen LogP contribution in [0, 0.1) is 11.6 Å². The van der Waals surface area contributed by atoms with Crippen LogP contribution in [-0.4, -0.2) is 11.1 Å². The van der Waals surface area contributed by atoms with Crippen molar-refractivity contribution < 1.29 is 23.4 Å². The highest BCUT2D eigenvalue weighted by Crippen LogP contribution is 2.22. The standard InChI is InChI=1S/C14H9BrF2O3/c15-12-2-1-11(6-13(12)17)20-7-8-3-9(14(18)19)5-10(16)4-8/h1-6H,7H2,(H,18,19). The van der Waals surface area contributed by atoms with Crippen molar-refractivity contribution >= 4 is 21.9 Å². The van der Waals surface area contributed by atoms with Gasteiger partial charge in [0.2, 0.25) is 0 Å². The maximum atomic E-state index is 13.3. The Morgan fingerprint density at radius 3 is 2.60 bits per heavy atom. The topological polar surface area (TPSA) is 46.5 Å². The fourth-order valence-corrected chi connectivity index (χ4v) is 1.84. The number of ether oxygens (including phenoxy) is 1. The fraction of sp³-hybridized carbons (Fsp3) is 0.0714. The van der Waals surface area contributed by atoms with Crippen molar-refractivity contribution in [2.24, 2.45) is 0 Å². The molecule has 0 saturated heterocycles. The van der Waals surface area contributed by atoms with E-state index in [0.717, 1.165) is 6.07 Å². The number of carboxylic acid groups (broad SMARTS) is 1. The molecule has 0 fully saturated rings. The summed E-state index contributed by atoms with van der Waals surface area (Å²) in [6, 6.07) is 7.61. The third-order valence-corrected chi connectivity index (χ3v) is 3.14. The highest BCUT2D eigenvalue weighted by atomic mass is 79.9. The second-order valence-corrected chi connectivity index (χ2v) is 4.87. The van der Waals surface area contributed by atoms with Gasteiger partial charge in [-0.15, -0.1) is 0 Å². The molecule has 0 radical (unpaired) electrons. The van der Waals surface area contributed by atoms with Crippen LogP contribution in [0.1, 0.15) is 15.9 Å². The van der Waals surface area contributed by atoms with Crippen molar-refractivity contribution in [3.63, 3.8) is 0 Å². The summed E-state index contributed by atoms with van der Waals surface area (Å²) < 4.78 is 32.1. The molecule has 0 atom stereocenters. The number of rotatable bonds is 4. The molecular formula is C14H9BrF2O3. The van der Waals surface area contributed by atoms with Gasteiger partial charge in [-0.05, 0) is 51.8 Å². The highest BCUT2D eigenvalue weighted by molar-refractivity contribution is 9.10. The molecule has 2 aromatic carbocycles. The van der Waals surface area contributed by atoms with Crippen molar-refractivity contribution in [3.05, 3.63) is 63.6 Å². The molecule has 0 aromatic heterocycles. The van der Waals surface area contributed by atoms with E-state index in [0.29, 0.717) is 10.0 Å².